The van der Waals surface area contributed by atoms with E-state index in [1.807, 2.05) is 0 Å². The molecule has 10 heteroatoms. The van der Waals surface area contributed by atoms with Gasteiger partial charge in [-0.25, -0.2) is 9.37 Å². The van der Waals surface area contributed by atoms with Gasteiger partial charge in [0.1, 0.15) is 29.1 Å². The van der Waals surface area contributed by atoms with Crippen LogP contribution >= 0.6 is 22.9 Å². The summed E-state index contributed by atoms with van der Waals surface area (Å²) in [4.78, 5) is 32.5. The molecular weight excluding hydrogens is 507 g/mol. The zero-order chi connectivity index (χ0) is 25.6. The van der Waals surface area contributed by atoms with Gasteiger partial charge < -0.3 is 14.6 Å². The monoisotopic (exact) mass is 524 g/mol. The van der Waals surface area contributed by atoms with Gasteiger partial charge in [0, 0.05) is 16.1 Å². The number of rotatable bonds is 5. The molecule has 2 heterocycles. The maximum Gasteiger partial charge on any atom is 0.301 e. The smallest absolute Gasteiger partial charge is 0.301 e. The highest BCUT2D eigenvalue weighted by Gasteiger charge is 2.49. The summed E-state index contributed by atoms with van der Waals surface area (Å²) in [5, 5.41) is 11.9. The number of halogens is 2. The Bertz CT molecular complexity index is 1550. The number of ether oxygens (including phenoxy) is 2. The molecule has 1 atom stereocenters. The lowest BCUT2D eigenvalue weighted by molar-refractivity contribution is -0.132. The number of aromatic nitrogens is 1. The van der Waals surface area contributed by atoms with Gasteiger partial charge in [-0.15, -0.1) is 0 Å². The molecule has 5 rings (SSSR count). The number of fused-ring (bicyclic) bond motifs is 1. The Hall–Kier alpha value is -3.95. The maximum absolute atomic E-state index is 13.8. The van der Waals surface area contributed by atoms with Crippen molar-refractivity contribution in [1.29, 1.82) is 0 Å². The fraction of sp³-hybridized carbons (Fsp3) is 0.115. The topological polar surface area (TPSA) is 89.0 Å². The number of carbonyl (C=O) groups excluding carboxylic acids is 2. The van der Waals surface area contributed by atoms with Crippen molar-refractivity contribution in [2.24, 2.45) is 0 Å². The van der Waals surface area contributed by atoms with E-state index in [1.54, 1.807) is 42.5 Å². The van der Waals surface area contributed by atoms with Crippen LogP contribution in [0.4, 0.5) is 9.52 Å². The number of aliphatic hydroxyl groups is 1. The van der Waals surface area contributed by atoms with Crippen molar-refractivity contribution in [3.8, 4) is 11.5 Å². The van der Waals surface area contributed by atoms with Crippen LogP contribution in [0.5, 0.6) is 11.5 Å². The maximum atomic E-state index is 13.8. The van der Waals surface area contributed by atoms with E-state index < -0.39 is 23.5 Å². The average Bonchev–Trinajstić information content (AvgIpc) is 3.41. The molecule has 3 aromatic carbocycles. The second kappa shape index (κ2) is 9.25. The van der Waals surface area contributed by atoms with E-state index in [2.05, 4.69) is 4.98 Å². The molecule has 0 saturated carbocycles. The summed E-state index contributed by atoms with van der Waals surface area (Å²) in [6, 6.07) is 14.1. The van der Waals surface area contributed by atoms with Crippen molar-refractivity contribution in [1.82, 2.24) is 4.98 Å². The predicted molar refractivity (Wildman–Crippen MR) is 135 cm³/mol. The first-order valence-electron chi connectivity index (χ1n) is 10.7. The highest BCUT2D eigenvalue weighted by Crippen LogP contribution is 2.47. The minimum atomic E-state index is -1.10. The molecule has 0 bridgehead atoms. The van der Waals surface area contributed by atoms with Crippen molar-refractivity contribution in [2.45, 2.75) is 6.04 Å². The Morgan fingerprint density at radius 3 is 2.50 bits per heavy atom. The molecule has 1 aliphatic rings. The van der Waals surface area contributed by atoms with E-state index in [0.29, 0.717) is 37.9 Å². The SMILES string of the molecule is COc1ccc(OC)c(C2C(=C(O)c3ccc(Cl)cc3)C(=O)C(=O)N2c2nc3ccc(F)cc3s2)c1. The molecule has 1 aliphatic heterocycles. The number of hydrogen-bond acceptors (Lipinski definition) is 7. The van der Waals surface area contributed by atoms with E-state index in [-0.39, 0.29) is 16.5 Å². The summed E-state index contributed by atoms with van der Waals surface area (Å²) in [7, 11) is 2.94. The molecule has 1 fully saturated rings. The molecule has 7 nitrogen and oxygen atoms in total. The lowest BCUT2D eigenvalue weighted by atomic mass is 9.94. The number of Topliss-reactive ketones (excluding diaryl/α,β-unsaturated/α-hetero) is 1. The van der Waals surface area contributed by atoms with Crippen molar-refractivity contribution in [3.05, 3.63) is 88.2 Å². The normalized spacial score (nSPS) is 17.1. The van der Waals surface area contributed by atoms with Crippen molar-refractivity contribution >= 4 is 55.7 Å². The largest absolute Gasteiger partial charge is 0.507 e. The Kier molecular flexibility index (Phi) is 6.11. The highest BCUT2D eigenvalue weighted by atomic mass is 35.5. The van der Waals surface area contributed by atoms with E-state index >= 15 is 0 Å². The average molecular weight is 525 g/mol. The third-order valence-corrected chi connectivity index (χ3v) is 7.11. The van der Waals surface area contributed by atoms with E-state index in [0.717, 1.165) is 11.3 Å². The second-order valence-corrected chi connectivity index (χ2v) is 9.34. The summed E-state index contributed by atoms with van der Waals surface area (Å²) in [6.07, 6.45) is 0. The van der Waals surface area contributed by atoms with Crippen molar-refractivity contribution in [2.75, 3.05) is 19.1 Å². The molecule has 0 aliphatic carbocycles. The van der Waals surface area contributed by atoms with Crippen LogP contribution in [-0.2, 0) is 9.59 Å². The van der Waals surface area contributed by atoms with E-state index in [1.165, 1.54) is 37.3 Å². The number of nitrogens with zero attached hydrogens (tertiary/aromatic N) is 2. The Morgan fingerprint density at radius 1 is 1.06 bits per heavy atom. The number of carbonyl (C=O) groups is 2. The van der Waals surface area contributed by atoms with E-state index in [9.17, 15) is 19.1 Å². The minimum Gasteiger partial charge on any atom is -0.507 e. The summed E-state index contributed by atoms with van der Waals surface area (Å²) in [6.45, 7) is 0. The molecule has 1 saturated heterocycles. The van der Waals surface area contributed by atoms with Crippen molar-refractivity contribution in [3.63, 3.8) is 0 Å². The van der Waals surface area contributed by atoms with Crippen molar-refractivity contribution < 1.29 is 28.6 Å². The molecule has 182 valence electrons. The van der Waals surface area contributed by atoms with Crippen LogP contribution in [0, 0.1) is 5.82 Å². The number of anilines is 1. The Balaban J connectivity index is 1.78. The first-order chi connectivity index (χ1) is 17.3. The fourth-order valence-corrected chi connectivity index (χ4v) is 5.27. The summed E-state index contributed by atoms with van der Waals surface area (Å²) >= 11 is 7.04. The van der Waals surface area contributed by atoms with Gasteiger partial charge in [0.25, 0.3) is 5.78 Å². The molecule has 0 spiro atoms. The number of thiazole rings is 1. The quantitative estimate of drug-likeness (QED) is 0.204. The Morgan fingerprint density at radius 2 is 1.81 bits per heavy atom. The van der Waals surface area contributed by atoms with Gasteiger partial charge in [0.05, 0.1) is 30.0 Å². The number of hydrogen-bond donors (Lipinski definition) is 1. The van der Waals surface area contributed by atoms with Crippen LogP contribution < -0.4 is 14.4 Å². The minimum absolute atomic E-state index is 0.153. The van der Waals surface area contributed by atoms with E-state index in [4.69, 9.17) is 21.1 Å². The lowest BCUT2D eigenvalue weighted by Gasteiger charge is -2.25. The molecule has 1 amide bonds. The van der Waals surface area contributed by atoms with Crippen LogP contribution in [0.25, 0.3) is 16.0 Å². The van der Waals surface area contributed by atoms with Crippen LogP contribution in [0.3, 0.4) is 0 Å². The fourth-order valence-electron chi connectivity index (χ4n) is 4.13. The number of aliphatic hydroxyl groups excluding tert-OH is 1. The molecular formula is C26H18ClFN2O5S. The Labute approximate surface area is 214 Å². The zero-order valence-corrected chi connectivity index (χ0v) is 20.6. The molecule has 0 radical (unpaired) electrons. The van der Waals surface area contributed by atoms with Gasteiger partial charge >= 0.3 is 5.91 Å². The number of ketones is 1. The highest BCUT2D eigenvalue weighted by molar-refractivity contribution is 7.22. The van der Waals surface area contributed by atoms with Crippen LogP contribution in [-0.4, -0.2) is 36.0 Å². The van der Waals surface area contributed by atoms with Crippen LogP contribution in [0.1, 0.15) is 17.2 Å². The summed E-state index contributed by atoms with van der Waals surface area (Å²) < 4.78 is 25.2. The van der Waals surface area contributed by atoms with Gasteiger partial charge in [0.2, 0.25) is 0 Å². The third kappa shape index (κ3) is 3.96. The first kappa shape index (κ1) is 23.8. The summed E-state index contributed by atoms with van der Waals surface area (Å²) in [5.74, 6) is -1.80. The number of methoxy groups -OCH3 is 2. The molecule has 4 aromatic rings. The standard InChI is InChI=1S/C26H18ClFN2O5S/c1-34-16-8-10-19(35-2)17(12-16)22-21(23(31)13-3-5-14(27)6-4-13)24(32)25(33)30(22)26-29-18-9-7-15(28)11-20(18)36-26/h3-12,22,31H,1-2H3. The molecule has 1 unspecified atom stereocenters. The van der Waals surface area contributed by atoms with Gasteiger partial charge in [-0.1, -0.05) is 22.9 Å². The van der Waals surface area contributed by atoms with Gasteiger partial charge in [0.15, 0.2) is 5.13 Å². The second-order valence-electron chi connectivity index (χ2n) is 7.89. The third-order valence-electron chi connectivity index (χ3n) is 5.84. The molecule has 36 heavy (non-hydrogen) atoms. The molecule has 1 N–H and O–H groups in total. The molecule has 1 aromatic heterocycles. The zero-order valence-electron chi connectivity index (χ0n) is 19.0. The predicted octanol–water partition coefficient (Wildman–Crippen LogP) is 5.73. The number of amides is 1. The number of benzene rings is 3. The van der Waals surface area contributed by atoms with Gasteiger partial charge in [-0.2, -0.15) is 0 Å². The first-order valence-corrected chi connectivity index (χ1v) is 11.9. The summed E-state index contributed by atoms with van der Waals surface area (Å²) in [5.41, 5.74) is 1.01. The van der Waals surface area contributed by atoms with Crippen LogP contribution in [0.2, 0.25) is 5.02 Å². The lowest BCUT2D eigenvalue weighted by Crippen LogP contribution is -2.29. The van der Waals surface area contributed by atoms with Gasteiger partial charge in [-0.3, -0.25) is 14.5 Å². The van der Waals surface area contributed by atoms with Gasteiger partial charge in [-0.05, 0) is 60.7 Å². The van der Waals surface area contributed by atoms with Crippen LogP contribution in [0.15, 0.2) is 66.2 Å².